The van der Waals surface area contributed by atoms with Gasteiger partial charge in [-0.25, -0.2) is 4.98 Å². The molecule has 1 N–H and O–H groups in total. The van der Waals surface area contributed by atoms with E-state index in [2.05, 4.69) is 43.6 Å². The van der Waals surface area contributed by atoms with E-state index in [0.29, 0.717) is 0 Å². The highest BCUT2D eigenvalue weighted by Crippen LogP contribution is 2.18. The Morgan fingerprint density at radius 1 is 1.47 bits per heavy atom. The van der Waals surface area contributed by atoms with E-state index in [1.807, 2.05) is 18.3 Å². The van der Waals surface area contributed by atoms with Crippen LogP contribution in [0.5, 0.6) is 0 Å². The topological polar surface area (TPSA) is 29.3 Å². The van der Waals surface area contributed by atoms with Crippen LogP contribution in [-0.4, -0.2) is 22.5 Å². The normalized spacial score (nSPS) is 11.1. The van der Waals surface area contributed by atoms with Crippen LogP contribution in [-0.2, 0) is 6.42 Å². The van der Waals surface area contributed by atoms with Crippen molar-refractivity contribution in [2.75, 3.05) is 13.1 Å². The lowest BCUT2D eigenvalue weighted by Crippen LogP contribution is -2.17. The Morgan fingerprint density at radius 2 is 2.33 bits per heavy atom. The van der Waals surface area contributed by atoms with E-state index in [-0.39, 0.29) is 0 Å². The molecule has 80 valence electrons. The molecule has 2 aromatic heterocycles. The molecule has 0 radical (unpaired) electrons. The highest BCUT2D eigenvalue weighted by molar-refractivity contribution is 9.10. The second-order valence-electron chi connectivity index (χ2n) is 3.38. The number of hydrogen-bond acceptors (Lipinski definition) is 2. The van der Waals surface area contributed by atoms with Crippen molar-refractivity contribution in [1.29, 1.82) is 0 Å². The Kier molecular flexibility index (Phi) is 3.38. The van der Waals surface area contributed by atoms with Crippen LogP contribution in [0.25, 0.3) is 5.52 Å². The number of aromatic nitrogens is 2. The van der Waals surface area contributed by atoms with Crippen molar-refractivity contribution in [1.82, 2.24) is 14.7 Å². The van der Waals surface area contributed by atoms with E-state index >= 15 is 0 Å². The SMILES string of the molecule is CCNCCc1nc(Br)c2ccccn12. The van der Waals surface area contributed by atoms with Crippen molar-refractivity contribution in [3.63, 3.8) is 0 Å². The van der Waals surface area contributed by atoms with E-state index in [1.165, 1.54) is 0 Å². The summed E-state index contributed by atoms with van der Waals surface area (Å²) in [5.41, 5.74) is 1.13. The maximum Gasteiger partial charge on any atom is 0.132 e. The summed E-state index contributed by atoms with van der Waals surface area (Å²) in [6.45, 7) is 4.08. The molecule has 2 aromatic rings. The molecule has 0 aliphatic carbocycles. The van der Waals surface area contributed by atoms with Crippen LogP contribution in [0.4, 0.5) is 0 Å². The van der Waals surface area contributed by atoms with Crippen molar-refractivity contribution in [3.05, 3.63) is 34.8 Å². The molecule has 0 saturated heterocycles. The van der Waals surface area contributed by atoms with Crippen molar-refractivity contribution in [3.8, 4) is 0 Å². The van der Waals surface area contributed by atoms with Crippen LogP contribution < -0.4 is 5.32 Å². The Balaban J connectivity index is 2.27. The zero-order valence-corrected chi connectivity index (χ0v) is 10.3. The Labute approximate surface area is 97.6 Å². The lowest BCUT2D eigenvalue weighted by molar-refractivity contribution is 0.694. The van der Waals surface area contributed by atoms with Gasteiger partial charge >= 0.3 is 0 Å². The Morgan fingerprint density at radius 3 is 3.13 bits per heavy atom. The number of halogens is 1. The molecule has 0 aliphatic rings. The molecule has 0 bridgehead atoms. The van der Waals surface area contributed by atoms with Gasteiger partial charge in [0.05, 0.1) is 5.52 Å². The highest BCUT2D eigenvalue weighted by atomic mass is 79.9. The molecule has 4 heteroatoms. The lowest BCUT2D eigenvalue weighted by atomic mass is 10.4. The number of nitrogens with zero attached hydrogens (tertiary/aromatic N) is 2. The standard InChI is InChI=1S/C11H14BrN3/c1-2-13-7-6-10-14-11(12)9-5-3-4-8-15(9)10/h3-5,8,13H,2,6-7H2,1H3. The minimum Gasteiger partial charge on any atom is -0.317 e. The molecule has 0 aliphatic heterocycles. The van der Waals surface area contributed by atoms with Gasteiger partial charge in [0.2, 0.25) is 0 Å². The van der Waals surface area contributed by atoms with E-state index in [4.69, 9.17) is 0 Å². The molecule has 15 heavy (non-hydrogen) atoms. The molecule has 0 aromatic carbocycles. The maximum atomic E-state index is 4.50. The third-order valence-corrected chi connectivity index (χ3v) is 2.94. The van der Waals surface area contributed by atoms with E-state index in [9.17, 15) is 0 Å². The number of nitrogens with one attached hydrogen (secondary N) is 1. The van der Waals surface area contributed by atoms with Gasteiger partial charge in [-0.1, -0.05) is 13.0 Å². The molecule has 0 saturated carbocycles. The van der Waals surface area contributed by atoms with Gasteiger partial charge in [0.15, 0.2) is 0 Å². The molecular formula is C11H14BrN3. The summed E-state index contributed by atoms with van der Waals surface area (Å²) in [6.07, 6.45) is 3.00. The minimum atomic E-state index is 0.926. The number of pyridine rings is 1. The third-order valence-electron chi connectivity index (χ3n) is 2.35. The molecule has 3 nitrogen and oxygen atoms in total. The van der Waals surface area contributed by atoms with Gasteiger partial charge in [-0.3, -0.25) is 0 Å². The molecule has 2 heterocycles. The van der Waals surface area contributed by atoms with Gasteiger partial charge in [0.25, 0.3) is 0 Å². The molecule has 2 rings (SSSR count). The zero-order chi connectivity index (χ0) is 10.7. The second-order valence-corrected chi connectivity index (χ2v) is 4.13. The summed E-state index contributed by atoms with van der Waals surface area (Å²) >= 11 is 3.47. The summed E-state index contributed by atoms with van der Waals surface area (Å²) in [7, 11) is 0. The minimum absolute atomic E-state index is 0.926. The largest absolute Gasteiger partial charge is 0.317 e. The Bertz CT molecular complexity index is 450. The third kappa shape index (κ3) is 2.21. The fourth-order valence-electron chi connectivity index (χ4n) is 1.61. The number of imidazole rings is 1. The van der Waals surface area contributed by atoms with Crippen LogP contribution in [0.1, 0.15) is 12.7 Å². The van der Waals surface area contributed by atoms with E-state index in [1.54, 1.807) is 0 Å². The maximum absolute atomic E-state index is 4.50. The first-order valence-electron chi connectivity index (χ1n) is 5.15. The van der Waals surface area contributed by atoms with Crippen LogP contribution >= 0.6 is 15.9 Å². The fraction of sp³-hybridized carbons (Fsp3) is 0.364. The van der Waals surface area contributed by atoms with Gasteiger partial charge in [-0.15, -0.1) is 0 Å². The van der Waals surface area contributed by atoms with E-state index < -0.39 is 0 Å². The smallest absolute Gasteiger partial charge is 0.132 e. The van der Waals surface area contributed by atoms with Crippen molar-refractivity contribution in [2.45, 2.75) is 13.3 Å². The van der Waals surface area contributed by atoms with Crippen LogP contribution in [0.3, 0.4) is 0 Å². The van der Waals surface area contributed by atoms with Crippen molar-refractivity contribution >= 4 is 21.4 Å². The van der Waals surface area contributed by atoms with Gasteiger partial charge in [-0.2, -0.15) is 0 Å². The van der Waals surface area contributed by atoms with Gasteiger partial charge in [0.1, 0.15) is 10.4 Å². The quantitative estimate of drug-likeness (QED) is 0.862. The van der Waals surface area contributed by atoms with Crippen LogP contribution in [0, 0.1) is 0 Å². The Hall–Kier alpha value is -0.870. The summed E-state index contributed by atoms with van der Waals surface area (Å²) < 4.78 is 3.05. The molecule has 0 atom stereocenters. The summed E-state index contributed by atoms with van der Waals surface area (Å²) in [6, 6.07) is 6.11. The predicted octanol–water partition coefficient (Wildman–Crippen LogP) is 2.25. The second kappa shape index (κ2) is 4.77. The van der Waals surface area contributed by atoms with Gasteiger partial charge in [-0.05, 0) is 34.6 Å². The first-order valence-corrected chi connectivity index (χ1v) is 5.94. The molecule has 0 amide bonds. The molecule has 0 fully saturated rings. The highest BCUT2D eigenvalue weighted by Gasteiger charge is 2.06. The summed E-state index contributed by atoms with van der Waals surface area (Å²) in [5.74, 6) is 1.10. The van der Waals surface area contributed by atoms with Crippen molar-refractivity contribution in [2.24, 2.45) is 0 Å². The monoisotopic (exact) mass is 267 g/mol. The summed E-state index contributed by atoms with van der Waals surface area (Å²) in [4.78, 5) is 4.50. The number of hydrogen-bond donors (Lipinski definition) is 1. The average molecular weight is 268 g/mol. The fourth-order valence-corrected chi connectivity index (χ4v) is 2.14. The first-order chi connectivity index (χ1) is 7.33. The zero-order valence-electron chi connectivity index (χ0n) is 8.70. The molecular weight excluding hydrogens is 254 g/mol. The summed E-state index contributed by atoms with van der Waals surface area (Å²) in [5, 5.41) is 3.30. The number of fused-ring (bicyclic) bond motifs is 1. The number of likely N-dealkylation sites (N-methyl/N-ethyl adjacent to an activating group) is 1. The first kappa shape index (κ1) is 10.6. The molecule has 0 unspecified atom stereocenters. The van der Waals surface area contributed by atoms with Gasteiger partial charge in [0, 0.05) is 19.2 Å². The van der Waals surface area contributed by atoms with E-state index in [0.717, 1.165) is 35.5 Å². The predicted molar refractivity (Wildman–Crippen MR) is 65.1 cm³/mol. The lowest BCUT2D eigenvalue weighted by Gasteiger charge is -2.01. The number of rotatable bonds is 4. The molecule has 0 spiro atoms. The van der Waals surface area contributed by atoms with Crippen molar-refractivity contribution < 1.29 is 0 Å². The average Bonchev–Trinajstić information content (AvgIpc) is 2.58. The van der Waals surface area contributed by atoms with Gasteiger partial charge < -0.3 is 9.72 Å². The van der Waals surface area contributed by atoms with Crippen LogP contribution in [0.15, 0.2) is 29.0 Å². The van der Waals surface area contributed by atoms with Crippen LogP contribution in [0.2, 0.25) is 0 Å².